The number of ether oxygens (including phenoxy) is 1. The van der Waals surface area contributed by atoms with Crippen LogP contribution in [0.4, 0.5) is 0 Å². The summed E-state index contributed by atoms with van der Waals surface area (Å²) in [7, 11) is 0. The van der Waals surface area contributed by atoms with E-state index in [9.17, 15) is 4.79 Å². The second-order valence-electron chi connectivity index (χ2n) is 9.80. The molecule has 5 rings (SSSR count). The van der Waals surface area contributed by atoms with Gasteiger partial charge in [0.1, 0.15) is 11.5 Å². The number of likely N-dealkylation sites (tertiary alicyclic amines) is 2. The lowest BCUT2D eigenvalue weighted by Crippen LogP contribution is -2.53. The molecule has 2 aliphatic heterocycles. The van der Waals surface area contributed by atoms with Gasteiger partial charge in [-0.2, -0.15) is 0 Å². The highest BCUT2D eigenvalue weighted by molar-refractivity contribution is 6.00. The van der Waals surface area contributed by atoms with Gasteiger partial charge in [-0.3, -0.25) is 14.6 Å². The highest BCUT2D eigenvalue weighted by Gasteiger charge is 2.39. The molecule has 182 valence electrons. The third kappa shape index (κ3) is 5.83. The SMILES string of the molecule is O=C(c1ccc(Oc2ccccc2)cc1)[C@H]([C@H](c1ccccc1)N1CCCCC1)N1CCCCC1. The van der Waals surface area contributed by atoms with Gasteiger partial charge >= 0.3 is 0 Å². The first-order valence-electron chi connectivity index (χ1n) is 13.2. The van der Waals surface area contributed by atoms with E-state index in [1.807, 2.05) is 54.6 Å². The monoisotopic (exact) mass is 468 g/mol. The number of hydrogen-bond donors (Lipinski definition) is 0. The summed E-state index contributed by atoms with van der Waals surface area (Å²) in [6.45, 7) is 4.09. The summed E-state index contributed by atoms with van der Waals surface area (Å²) >= 11 is 0. The van der Waals surface area contributed by atoms with E-state index in [-0.39, 0.29) is 17.9 Å². The molecular formula is C31H36N2O2. The zero-order valence-electron chi connectivity index (χ0n) is 20.5. The summed E-state index contributed by atoms with van der Waals surface area (Å²) in [6.07, 6.45) is 7.27. The molecule has 0 spiro atoms. The molecule has 35 heavy (non-hydrogen) atoms. The summed E-state index contributed by atoms with van der Waals surface area (Å²) in [5, 5.41) is 0. The van der Waals surface area contributed by atoms with Crippen molar-refractivity contribution in [3.8, 4) is 11.5 Å². The van der Waals surface area contributed by atoms with Crippen LogP contribution >= 0.6 is 0 Å². The number of carbonyl (C=O) groups excluding carboxylic acids is 1. The van der Waals surface area contributed by atoms with Crippen LogP contribution in [0.25, 0.3) is 0 Å². The molecule has 0 bridgehead atoms. The highest BCUT2D eigenvalue weighted by Crippen LogP contribution is 2.34. The minimum absolute atomic E-state index is 0.0716. The van der Waals surface area contributed by atoms with Crippen LogP contribution in [-0.4, -0.2) is 47.8 Å². The molecule has 0 unspecified atom stereocenters. The Hall–Kier alpha value is -2.95. The van der Waals surface area contributed by atoms with Crippen molar-refractivity contribution < 1.29 is 9.53 Å². The van der Waals surface area contributed by atoms with Gasteiger partial charge in [0.25, 0.3) is 0 Å². The average molecular weight is 469 g/mol. The highest BCUT2D eigenvalue weighted by atomic mass is 16.5. The predicted molar refractivity (Wildman–Crippen MR) is 141 cm³/mol. The smallest absolute Gasteiger partial charge is 0.181 e. The molecule has 2 saturated heterocycles. The number of benzene rings is 3. The minimum Gasteiger partial charge on any atom is -0.457 e. The predicted octanol–water partition coefficient (Wildman–Crippen LogP) is 6.74. The lowest BCUT2D eigenvalue weighted by molar-refractivity contribution is 0.0425. The van der Waals surface area contributed by atoms with Crippen molar-refractivity contribution in [3.63, 3.8) is 0 Å². The summed E-state index contributed by atoms with van der Waals surface area (Å²) in [5.74, 6) is 1.77. The standard InChI is InChI=1S/C31H36N2O2/c34-31(26-17-19-28(20-18-26)35-27-15-7-2-8-16-27)30(33-23-11-4-12-24-33)29(25-13-5-1-6-14-25)32-21-9-3-10-22-32/h1-2,5-8,13-20,29-30H,3-4,9-12,21-24H2/t29-,30-/m0/s1. The molecule has 0 N–H and O–H groups in total. The van der Waals surface area contributed by atoms with Crippen LogP contribution in [-0.2, 0) is 0 Å². The third-order valence-electron chi connectivity index (χ3n) is 7.39. The molecule has 0 saturated carbocycles. The van der Waals surface area contributed by atoms with Crippen molar-refractivity contribution in [2.75, 3.05) is 26.2 Å². The molecule has 2 atom stereocenters. The Morgan fingerprint density at radius 2 is 1.11 bits per heavy atom. The van der Waals surface area contributed by atoms with Crippen LogP contribution in [0.1, 0.15) is 60.5 Å². The van der Waals surface area contributed by atoms with Gasteiger partial charge in [0.15, 0.2) is 5.78 Å². The molecular weight excluding hydrogens is 432 g/mol. The van der Waals surface area contributed by atoms with Crippen LogP contribution in [0.2, 0.25) is 0 Å². The molecule has 0 aliphatic carbocycles. The Bertz CT molecular complexity index is 1060. The normalized spacial score (nSPS) is 19.1. The lowest BCUT2D eigenvalue weighted by Gasteiger charge is -2.44. The zero-order chi connectivity index (χ0) is 23.9. The zero-order valence-corrected chi connectivity index (χ0v) is 20.5. The molecule has 0 amide bonds. The number of hydrogen-bond acceptors (Lipinski definition) is 4. The first-order chi connectivity index (χ1) is 17.3. The van der Waals surface area contributed by atoms with Crippen LogP contribution in [0.3, 0.4) is 0 Å². The van der Waals surface area contributed by atoms with Gasteiger partial charge < -0.3 is 4.74 Å². The van der Waals surface area contributed by atoms with E-state index >= 15 is 0 Å². The number of Topliss-reactive ketones (excluding diaryl/α,β-unsaturated/α-hetero) is 1. The molecule has 2 heterocycles. The number of rotatable bonds is 8. The van der Waals surface area contributed by atoms with Gasteiger partial charge in [-0.1, -0.05) is 61.4 Å². The Morgan fingerprint density at radius 1 is 0.600 bits per heavy atom. The van der Waals surface area contributed by atoms with Gasteiger partial charge in [0.05, 0.1) is 12.1 Å². The largest absolute Gasteiger partial charge is 0.457 e. The van der Waals surface area contributed by atoms with Crippen molar-refractivity contribution in [2.24, 2.45) is 0 Å². The molecule has 2 aliphatic rings. The molecule has 2 fully saturated rings. The number of para-hydroxylation sites is 1. The maximum atomic E-state index is 14.3. The van der Waals surface area contributed by atoms with Crippen molar-refractivity contribution in [2.45, 2.75) is 50.6 Å². The van der Waals surface area contributed by atoms with Gasteiger partial charge in [0.2, 0.25) is 0 Å². The topological polar surface area (TPSA) is 32.8 Å². The van der Waals surface area contributed by atoms with E-state index in [0.29, 0.717) is 0 Å². The molecule has 3 aromatic rings. The van der Waals surface area contributed by atoms with Crippen molar-refractivity contribution >= 4 is 5.78 Å². The Balaban J connectivity index is 1.46. The van der Waals surface area contributed by atoms with E-state index in [2.05, 4.69) is 40.1 Å². The molecule has 4 heteroatoms. The Morgan fingerprint density at radius 3 is 1.71 bits per heavy atom. The van der Waals surface area contributed by atoms with Crippen LogP contribution in [0, 0.1) is 0 Å². The maximum absolute atomic E-state index is 14.3. The maximum Gasteiger partial charge on any atom is 0.181 e. The summed E-state index contributed by atoms with van der Waals surface area (Å²) in [6, 6.07) is 28.1. The lowest BCUT2D eigenvalue weighted by atomic mass is 9.88. The Kier molecular flexibility index (Phi) is 7.92. The fourth-order valence-corrected chi connectivity index (χ4v) is 5.63. The van der Waals surface area contributed by atoms with E-state index in [0.717, 1.165) is 56.1 Å². The first-order valence-corrected chi connectivity index (χ1v) is 13.2. The van der Waals surface area contributed by atoms with Crippen LogP contribution < -0.4 is 4.74 Å². The number of piperidine rings is 2. The molecule has 0 aromatic heterocycles. The summed E-state index contributed by atoms with van der Waals surface area (Å²) in [5.41, 5.74) is 2.02. The van der Waals surface area contributed by atoms with Crippen molar-refractivity contribution in [3.05, 3.63) is 96.1 Å². The molecule has 0 radical (unpaired) electrons. The van der Waals surface area contributed by atoms with Crippen LogP contribution in [0.5, 0.6) is 11.5 Å². The van der Waals surface area contributed by atoms with Crippen LogP contribution in [0.15, 0.2) is 84.9 Å². The van der Waals surface area contributed by atoms with Gasteiger partial charge in [-0.25, -0.2) is 0 Å². The van der Waals surface area contributed by atoms with Crippen molar-refractivity contribution in [1.82, 2.24) is 9.80 Å². The average Bonchev–Trinajstić information content (AvgIpc) is 2.94. The molecule has 3 aromatic carbocycles. The summed E-state index contributed by atoms with van der Waals surface area (Å²) < 4.78 is 5.97. The van der Waals surface area contributed by atoms with E-state index in [4.69, 9.17) is 4.74 Å². The number of nitrogens with zero attached hydrogens (tertiary/aromatic N) is 2. The second-order valence-corrected chi connectivity index (χ2v) is 9.80. The molecule has 4 nitrogen and oxygen atoms in total. The van der Waals surface area contributed by atoms with Gasteiger partial charge in [-0.05, 0) is 93.8 Å². The van der Waals surface area contributed by atoms with Gasteiger partial charge in [0, 0.05) is 5.56 Å². The fraction of sp³-hybridized carbons (Fsp3) is 0.387. The number of carbonyl (C=O) groups is 1. The first kappa shape index (κ1) is 23.8. The second kappa shape index (κ2) is 11.7. The van der Waals surface area contributed by atoms with Crippen molar-refractivity contribution in [1.29, 1.82) is 0 Å². The van der Waals surface area contributed by atoms with E-state index in [1.165, 1.54) is 31.2 Å². The van der Waals surface area contributed by atoms with E-state index in [1.54, 1.807) is 0 Å². The quantitative estimate of drug-likeness (QED) is 0.343. The summed E-state index contributed by atoms with van der Waals surface area (Å²) in [4.78, 5) is 19.3. The number of ketones is 1. The third-order valence-corrected chi connectivity index (χ3v) is 7.39. The minimum atomic E-state index is -0.184. The van der Waals surface area contributed by atoms with Gasteiger partial charge in [-0.15, -0.1) is 0 Å². The van der Waals surface area contributed by atoms with E-state index < -0.39 is 0 Å². The fourth-order valence-electron chi connectivity index (χ4n) is 5.63. The Labute approximate surface area is 209 Å².